The van der Waals surface area contributed by atoms with E-state index in [1.807, 2.05) is 40.8 Å². The van der Waals surface area contributed by atoms with E-state index in [4.69, 9.17) is 15.9 Å². The van der Waals surface area contributed by atoms with Crippen LogP contribution in [0.4, 0.5) is 10.5 Å². The van der Waals surface area contributed by atoms with Crippen LogP contribution < -0.4 is 5.32 Å². The zero-order chi connectivity index (χ0) is 12.5. The highest BCUT2D eigenvalue weighted by Gasteiger charge is 2.03. The van der Waals surface area contributed by atoms with Gasteiger partial charge in [-0.25, -0.2) is 4.79 Å². The molecule has 0 saturated carbocycles. The van der Waals surface area contributed by atoms with Gasteiger partial charge in [0.1, 0.15) is 6.61 Å². The lowest BCUT2D eigenvalue weighted by Gasteiger charge is -2.08. The standard InChI is InChI=1S/C12H12INO3/c1-2-11(13)16-8-9-17-12(15)14-10-6-4-3-5-7-10/h1,3-7,11H,8-9H2,(H,14,15). The fourth-order valence-corrected chi connectivity index (χ4v) is 1.26. The molecule has 0 radical (unpaired) electrons. The lowest BCUT2D eigenvalue weighted by atomic mass is 10.3. The van der Waals surface area contributed by atoms with Crippen molar-refractivity contribution in [2.75, 3.05) is 18.5 Å². The van der Waals surface area contributed by atoms with Crippen molar-refractivity contribution in [2.45, 2.75) is 4.11 Å². The number of nitrogens with one attached hydrogen (secondary N) is 1. The Morgan fingerprint density at radius 2 is 2.12 bits per heavy atom. The maximum Gasteiger partial charge on any atom is 0.411 e. The molecule has 1 aromatic carbocycles. The molecule has 0 aliphatic carbocycles. The second kappa shape index (κ2) is 7.92. The summed E-state index contributed by atoms with van der Waals surface area (Å²) in [7, 11) is 0. The first-order chi connectivity index (χ1) is 8.22. The number of terminal acetylenes is 1. The van der Waals surface area contributed by atoms with Crippen LogP contribution in [0.15, 0.2) is 30.3 Å². The fourth-order valence-electron chi connectivity index (χ4n) is 1.01. The smallest absolute Gasteiger partial charge is 0.411 e. The number of carbonyl (C=O) groups is 1. The Balaban J connectivity index is 2.16. The van der Waals surface area contributed by atoms with Crippen LogP contribution in [0.25, 0.3) is 0 Å². The number of anilines is 1. The molecule has 1 N–H and O–H groups in total. The number of hydrogen-bond donors (Lipinski definition) is 1. The van der Waals surface area contributed by atoms with Gasteiger partial charge in [0.05, 0.1) is 6.61 Å². The molecule has 0 aliphatic rings. The molecule has 0 bridgehead atoms. The van der Waals surface area contributed by atoms with Gasteiger partial charge in [-0.3, -0.25) is 5.32 Å². The van der Waals surface area contributed by atoms with E-state index in [-0.39, 0.29) is 17.3 Å². The first-order valence-corrected chi connectivity index (χ1v) is 6.17. The van der Waals surface area contributed by atoms with Crippen LogP contribution in [-0.2, 0) is 9.47 Å². The highest BCUT2D eigenvalue weighted by atomic mass is 127. The number of para-hydroxylation sites is 1. The maximum absolute atomic E-state index is 11.3. The average Bonchev–Trinajstić information content (AvgIpc) is 2.35. The third kappa shape index (κ3) is 6.14. The molecule has 1 unspecified atom stereocenters. The molecule has 0 fully saturated rings. The number of alkyl halides is 1. The zero-order valence-electron chi connectivity index (χ0n) is 9.06. The summed E-state index contributed by atoms with van der Waals surface area (Å²) in [5.74, 6) is 2.40. The molecule has 90 valence electrons. The van der Waals surface area contributed by atoms with Crippen molar-refractivity contribution in [3.63, 3.8) is 0 Å². The highest BCUT2D eigenvalue weighted by molar-refractivity contribution is 14.1. The molecule has 0 heterocycles. The van der Waals surface area contributed by atoms with E-state index in [1.54, 1.807) is 12.1 Å². The lowest BCUT2D eigenvalue weighted by Crippen LogP contribution is -2.17. The summed E-state index contributed by atoms with van der Waals surface area (Å²) >= 11 is 1.97. The summed E-state index contributed by atoms with van der Waals surface area (Å²) in [6.45, 7) is 0.444. The van der Waals surface area contributed by atoms with Crippen molar-refractivity contribution in [3.8, 4) is 12.3 Å². The molecular formula is C12H12INO3. The van der Waals surface area contributed by atoms with Crippen molar-refractivity contribution in [2.24, 2.45) is 0 Å². The minimum atomic E-state index is -0.509. The number of benzene rings is 1. The Morgan fingerprint density at radius 3 is 2.76 bits per heavy atom. The molecule has 1 atom stereocenters. The molecule has 0 aromatic heterocycles. The molecule has 1 amide bonds. The van der Waals surface area contributed by atoms with Gasteiger partial charge in [-0.15, -0.1) is 6.42 Å². The predicted octanol–water partition coefficient (Wildman–Crippen LogP) is 2.65. The molecule has 0 spiro atoms. The number of amides is 1. The largest absolute Gasteiger partial charge is 0.447 e. The summed E-state index contributed by atoms with van der Waals surface area (Å²) in [4.78, 5) is 11.3. The minimum Gasteiger partial charge on any atom is -0.447 e. The topological polar surface area (TPSA) is 47.6 Å². The van der Waals surface area contributed by atoms with E-state index in [2.05, 4.69) is 11.2 Å². The molecule has 17 heavy (non-hydrogen) atoms. The van der Waals surface area contributed by atoms with Crippen LogP contribution >= 0.6 is 22.6 Å². The van der Waals surface area contributed by atoms with Gasteiger partial charge < -0.3 is 9.47 Å². The SMILES string of the molecule is C#CC(I)OCCOC(=O)Nc1ccccc1. The molecule has 5 heteroatoms. The van der Waals surface area contributed by atoms with E-state index in [9.17, 15) is 4.79 Å². The van der Waals surface area contributed by atoms with Crippen LogP contribution in [0.1, 0.15) is 0 Å². The van der Waals surface area contributed by atoms with E-state index < -0.39 is 6.09 Å². The van der Waals surface area contributed by atoms with Gasteiger partial charge in [-0.1, -0.05) is 24.1 Å². The second-order valence-corrected chi connectivity index (χ2v) is 4.11. The first kappa shape index (κ1) is 13.8. The molecular weight excluding hydrogens is 333 g/mol. The fraction of sp³-hybridized carbons (Fsp3) is 0.250. The minimum absolute atomic E-state index is 0.167. The molecule has 4 nitrogen and oxygen atoms in total. The van der Waals surface area contributed by atoms with Gasteiger partial charge in [0.15, 0.2) is 4.11 Å². The van der Waals surface area contributed by atoms with Crippen molar-refractivity contribution < 1.29 is 14.3 Å². The Bertz CT molecular complexity index is 388. The highest BCUT2D eigenvalue weighted by Crippen LogP contribution is 2.05. The van der Waals surface area contributed by atoms with Crippen LogP contribution in [0.2, 0.25) is 0 Å². The summed E-state index contributed by atoms with van der Waals surface area (Å²) in [6.07, 6.45) is 4.60. The maximum atomic E-state index is 11.3. The van der Waals surface area contributed by atoms with Crippen molar-refractivity contribution in [1.82, 2.24) is 0 Å². The van der Waals surface area contributed by atoms with E-state index in [0.717, 1.165) is 0 Å². The number of carbonyl (C=O) groups excluding carboxylic acids is 1. The van der Waals surface area contributed by atoms with Gasteiger partial charge >= 0.3 is 6.09 Å². The van der Waals surface area contributed by atoms with E-state index in [1.165, 1.54) is 0 Å². The van der Waals surface area contributed by atoms with Crippen LogP contribution in [0.5, 0.6) is 0 Å². The first-order valence-electron chi connectivity index (χ1n) is 4.93. The molecule has 0 aliphatic heterocycles. The summed E-state index contributed by atoms with van der Waals surface area (Å²) in [6, 6.07) is 9.07. The van der Waals surface area contributed by atoms with E-state index in [0.29, 0.717) is 5.69 Å². The Kier molecular flexibility index (Phi) is 6.43. The number of rotatable bonds is 5. The summed E-state index contributed by atoms with van der Waals surface area (Å²) in [5.41, 5.74) is 0.689. The third-order valence-electron chi connectivity index (χ3n) is 1.73. The molecule has 0 saturated heterocycles. The van der Waals surface area contributed by atoms with E-state index >= 15 is 0 Å². The summed E-state index contributed by atoms with van der Waals surface area (Å²) < 4.78 is 9.73. The van der Waals surface area contributed by atoms with Crippen LogP contribution in [0.3, 0.4) is 0 Å². The Labute approximate surface area is 114 Å². The zero-order valence-corrected chi connectivity index (χ0v) is 11.2. The Hall–Kier alpha value is -1.26. The van der Waals surface area contributed by atoms with Crippen molar-refractivity contribution >= 4 is 34.4 Å². The van der Waals surface area contributed by atoms with Crippen molar-refractivity contribution in [3.05, 3.63) is 30.3 Å². The summed E-state index contributed by atoms with van der Waals surface area (Å²) in [5, 5.41) is 2.59. The van der Waals surface area contributed by atoms with Gasteiger partial charge in [0, 0.05) is 5.69 Å². The lowest BCUT2D eigenvalue weighted by molar-refractivity contribution is 0.0885. The third-order valence-corrected chi connectivity index (χ3v) is 2.45. The average molecular weight is 345 g/mol. The van der Waals surface area contributed by atoms with Gasteiger partial charge in [0.25, 0.3) is 0 Å². The predicted molar refractivity (Wildman–Crippen MR) is 74.0 cm³/mol. The van der Waals surface area contributed by atoms with Gasteiger partial charge in [-0.05, 0) is 34.7 Å². The Morgan fingerprint density at radius 1 is 1.41 bits per heavy atom. The van der Waals surface area contributed by atoms with Gasteiger partial charge in [0.2, 0.25) is 0 Å². The van der Waals surface area contributed by atoms with Crippen LogP contribution in [0, 0.1) is 12.3 Å². The number of ether oxygens (including phenoxy) is 2. The number of hydrogen-bond acceptors (Lipinski definition) is 3. The second-order valence-electron chi connectivity index (χ2n) is 2.98. The normalized spacial score (nSPS) is 11.3. The van der Waals surface area contributed by atoms with Crippen LogP contribution in [-0.4, -0.2) is 23.4 Å². The molecule has 1 rings (SSSR count). The quantitative estimate of drug-likeness (QED) is 0.386. The van der Waals surface area contributed by atoms with Gasteiger partial charge in [-0.2, -0.15) is 0 Å². The monoisotopic (exact) mass is 345 g/mol. The number of halogens is 1. The van der Waals surface area contributed by atoms with Crippen molar-refractivity contribution in [1.29, 1.82) is 0 Å². The molecule has 1 aromatic rings.